The lowest BCUT2D eigenvalue weighted by molar-refractivity contribution is 1.11. The SMILES string of the molecule is Cc1ccnc(-c2ccc3c(-c4ccc5ccccc5c4)c4ccccc4c(-c4ccc5ccccc5c4)c3c2)n1. The summed E-state index contributed by atoms with van der Waals surface area (Å²) >= 11 is 0. The van der Waals surface area contributed by atoms with E-state index in [1.807, 2.05) is 19.2 Å². The number of aryl methyl sites for hydroxylation is 1. The average molecular weight is 523 g/mol. The molecule has 0 aliphatic rings. The van der Waals surface area contributed by atoms with E-state index in [4.69, 9.17) is 4.98 Å². The Balaban J connectivity index is 1.51. The molecule has 0 aliphatic carbocycles. The molecular weight excluding hydrogens is 496 g/mol. The van der Waals surface area contributed by atoms with Crippen molar-refractivity contribution in [1.29, 1.82) is 0 Å². The molecule has 0 atom stereocenters. The van der Waals surface area contributed by atoms with E-state index in [0.717, 1.165) is 17.1 Å². The predicted molar refractivity (Wildman–Crippen MR) is 173 cm³/mol. The topological polar surface area (TPSA) is 25.8 Å². The summed E-state index contributed by atoms with van der Waals surface area (Å²) in [5.74, 6) is 0.747. The Morgan fingerprint density at radius 1 is 0.415 bits per heavy atom. The van der Waals surface area contributed by atoms with Gasteiger partial charge >= 0.3 is 0 Å². The minimum Gasteiger partial charge on any atom is -0.237 e. The molecule has 0 aliphatic heterocycles. The fourth-order valence-electron chi connectivity index (χ4n) is 6.22. The van der Waals surface area contributed by atoms with Crippen LogP contribution in [-0.4, -0.2) is 9.97 Å². The van der Waals surface area contributed by atoms with Crippen LogP contribution in [-0.2, 0) is 0 Å². The van der Waals surface area contributed by atoms with Crippen molar-refractivity contribution in [3.63, 3.8) is 0 Å². The third kappa shape index (κ3) is 3.96. The third-order valence-electron chi connectivity index (χ3n) is 8.15. The molecule has 0 saturated carbocycles. The van der Waals surface area contributed by atoms with Crippen LogP contribution in [0.3, 0.4) is 0 Å². The van der Waals surface area contributed by atoms with Crippen LogP contribution in [0.1, 0.15) is 5.69 Å². The molecule has 7 aromatic carbocycles. The van der Waals surface area contributed by atoms with Crippen molar-refractivity contribution in [1.82, 2.24) is 9.97 Å². The van der Waals surface area contributed by atoms with Crippen LogP contribution in [0.25, 0.3) is 76.7 Å². The Labute approximate surface area is 238 Å². The van der Waals surface area contributed by atoms with E-state index in [-0.39, 0.29) is 0 Å². The number of fused-ring (bicyclic) bond motifs is 4. The van der Waals surface area contributed by atoms with E-state index in [0.29, 0.717) is 0 Å². The van der Waals surface area contributed by atoms with E-state index in [1.165, 1.54) is 65.3 Å². The van der Waals surface area contributed by atoms with Crippen molar-refractivity contribution in [3.05, 3.63) is 145 Å². The van der Waals surface area contributed by atoms with Gasteiger partial charge in [0.1, 0.15) is 0 Å². The Bertz CT molecular complexity index is 2280. The zero-order valence-electron chi connectivity index (χ0n) is 22.7. The number of rotatable bonds is 3. The highest BCUT2D eigenvalue weighted by atomic mass is 14.9. The first-order chi connectivity index (χ1) is 20.2. The van der Waals surface area contributed by atoms with Gasteiger partial charge < -0.3 is 0 Å². The highest BCUT2D eigenvalue weighted by Gasteiger charge is 2.18. The molecular formula is C39H26N2. The van der Waals surface area contributed by atoms with Crippen LogP contribution in [0.15, 0.2) is 140 Å². The zero-order valence-corrected chi connectivity index (χ0v) is 22.7. The Hall–Kier alpha value is -5.34. The number of hydrogen-bond acceptors (Lipinski definition) is 2. The van der Waals surface area contributed by atoms with Gasteiger partial charge in [0.25, 0.3) is 0 Å². The van der Waals surface area contributed by atoms with Gasteiger partial charge in [-0.2, -0.15) is 0 Å². The van der Waals surface area contributed by atoms with E-state index >= 15 is 0 Å². The van der Waals surface area contributed by atoms with Crippen LogP contribution >= 0.6 is 0 Å². The van der Waals surface area contributed by atoms with Gasteiger partial charge in [-0.3, -0.25) is 0 Å². The maximum atomic E-state index is 4.76. The van der Waals surface area contributed by atoms with Gasteiger partial charge in [0, 0.05) is 17.5 Å². The van der Waals surface area contributed by atoms with Crippen LogP contribution in [0.2, 0.25) is 0 Å². The molecule has 192 valence electrons. The predicted octanol–water partition coefficient (Wildman–Crippen LogP) is 10.4. The van der Waals surface area contributed by atoms with E-state index in [2.05, 4.69) is 132 Å². The van der Waals surface area contributed by atoms with Gasteiger partial charge in [0.2, 0.25) is 0 Å². The van der Waals surface area contributed by atoms with Crippen LogP contribution < -0.4 is 0 Å². The Morgan fingerprint density at radius 3 is 1.54 bits per heavy atom. The third-order valence-corrected chi connectivity index (χ3v) is 8.15. The average Bonchev–Trinajstić information content (AvgIpc) is 3.03. The lowest BCUT2D eigenvalue weighted by Crippen LogP contribution is -1.94. The summed E-state index contributed by atoms with van der Waals surface area (Å²) in [6.07, 6.45) is 1.84. The van der Waals surface area contributed by atoms with Gasteiger partial charge in [-0.15, -0.1) is 0 Å². The molecule has 0 radical (unpaired) electrons. The summed E-state index contributed by atoms with van der Waals surface area (Å²) in [4.78, 5) is 9.39. The van der Waals surface area contributed by atoms with Gasteiger partial charge in [-0.1, -0.05) is 109 Å². The van der Waals surface area contributed by atoms with E-state index < -0.39 is 0 Å². The molecule has 0 spiro atoms. The maximum absolute atomic E-state index is 4.76. The zero-order chi connectivity index (χ0) is 27.3. The lowest BCUT2D eigenvalue weighted by atomic mass is 9.84. The van der Waals surface area contributed by atoms with Crippen molar-refractivity contribution in [3.8, 4) is 33.6 Å². The summed E-state index contributed by atoms with van der Waals surface area (Å²) in [6.45, 7) is 2.01. The molecule has 8 rings (SSSR count). The molecule has 1 heterocycles. The Morgan fingerprint density at radius 2 is 0.927 bits per heavy atom. The molecule has 41 heavy (non-hydrogen) atoms. The first-order valence-corrected chi connectivity index (χ1v) is 14.0. The number of nitrogens with zero attached hydrogens (tertiary/aromatic N) is 2. The molecule has 0 N–H and O–H groups in total. The first kappa shape index (κ1) is 23.5. The van der Waals surface area contributed by atoms with Crippen LogP contribution in [0.4, 0.5) is 0 Å². The second kappa shape index (κ2) is 9.39. The molecule has 1 aromatic heterocycles. The minimum atomic E-state index is 0.747. The van der Waals surface area contributed by atoms with Crippen molar-refractivity contribution < 1.29 is 0 Å². The van der Waals surface area contributed by atoms with Gasteiger partial charge in [-0.25, -0.2) is 9.97 Å². The van der Waals surface area contributed by atoms with Crippen LogP contribution in [0.5, 0.6) is 0 Å². The van der Waals surface area contributed by atoms with Crippen molar-refractivity contribution >= 4 is 43.1 Å². The first-order valence-electron chi connectivity index (χ1n) is 14.0. The van der Waals surface area contributed by atoms with Crippen molar-refractivity contribution in [2.75, 3.05) is 0 Å². The molecule has 0 amide bonds. The quantitative estimate of drug-likeness (QED) is 0.216. The largest absolute Gasteiger partial charge is 0.237 e. The molecule has 0 bridgehead atoms. The smallest absolute Gasteiger partial charge is 0.159 e. The minimum absolute atomic E-state index is 0.747. The number of hydrogen-bond donors (Lipinski definition) is 0. The molecule has 0 unspecified atom stereocenters. The summed E-state index contributed by atoms with van der Waals surface area (Å²) in [6, 6.07) is 48.3. The lowest BCUT2D eigenvalue weighted by Gasteiger charge is -2.19. The van der Waals surface area contributed by atoms with E-state index in [9.17, 15) is 0 Å². The summed E-state index contributed by atoms with van der Waals surface area (Å²) < 4.78 is 0. The molecule has 0 saturated heterocycles. The summed E-state index contributed by atoms with van der Waals surface area (Å²) in [7, 11) is 0. The van der Waals surface area contributed by atoms with Crippen molar-refractivity contribution in [2.45, 2.75) is 6.92 Å². The molecule has 8 aromatic rings. The summed E-state index contributed by atoms with van der Waals surface area (Å²) in [5, 5.41) is 9.87. The fraction of sp³-hybridized carbons (Fsp3) is 0.0256. The second-order valence-electron chi connectivity index (χ2n) is 10.7. The molecule has 2 nitrogen and oxygen atoms in total. The van der Waals surface area contributed by atoms with Crippen LogP contribution in [0, 0.1) is 6.92 Å². The van der Waals surface area contributed by atoms with Crippen molar-refractivity contribution in [2.24, 2.45) is 0 Å². The molecule has 2 heteroatoms. The highest BCUT2D eigenvalue weighted by Crippen LogP contribution is 2.45. The van der Waals surface area contributed by atoms with Gasteiger partial charge in [0.05, 0.1) is 0 Å². The van der Waals surface area contributed by atoms with E-state index in [1.54, 1.807) is 0 Å². The summed E-state index contributed by atoms with van der Waals surface area (Å²) in [5.41, 5.74) is 6.89. The second-order valence-corrected chi connectivity index (χ2v) is 10.7. The van der Waals surface area contributed by atoms with Gasteiger partial charge in [-0.05, 0) is 96.5 Å². The number of benzene rings is 7. The van der Waals surface area contributed by atoms with Gasteiger partial charge in [0.15, 0.2) is 5.82 Å². The highest BCUT2D eigenvalue weighted by molar-refractivity contribution is 6.22. The normalized spacial score (nSPS) is 11.5. The maximum Gasteiger partial charge on any atom is 0.159 e. The number of aromatic nitrogens is 2. The monoisotopic (exact) mass is 522 g/mol. The standard InChI is InChI=1S/C39H26N2/c1-25-20-21-40-39(41-25)32-18-19-35-36(24-32)38(31-17-15-27-9-3-5-11-29(27)23-31)34-13-7-6-12-33(34)37(35)30-16-14-26-8-2-4-10-28(26)22-30/h2-24H,1H3. The molecule has 0 fully saturated rings. The Kier molecular flexibility index (Phi) is 5.39. The fourth-order valence-corrected chi connectivity index (χ4v) is 6.22.